The lowest BCUT2D eigenvalue weighted by molar-refractivity contribution is -0.769. The average Bonchev–Trinajstić information content (AvgIpc) is 2.91. The summed E-state index contributed by atoms with van der Waals surface area (Å²) in [6.07, 6.45) is -3.67. The van der Waals surface area contributed by atoms with Crippen LogP contribution in [0.1, 0.15) is 64.4 Å². The molecule has 0 radical (unpaired) electrons. The van der Waals surface area contributed by atoms with Crippen molar-refractivity contribution in [3.8, 4) is 0 Å². The van der Waals surface area contributed by atoms with E-state index in [2.05, 4.69) is 5.32 Å². The van der Waals surface area contributed by atoms with Crippen molar-refractivity contribution in [1.29, 1.82) is 0 Å². The molecule has 0 spiro atoms. The molecule has 1 fully saturated rings. The van der Waals surface area contributed by atoms with E-state index in [0.717, 1.165) is 0 Å². The number of morpholine rings is 1. The summed E-state index contributed by atoms with van der Waals surface area (Å²) in [5, 5.41) is 13.4. The van der Waals surface area contributed by atoms with Crippen LogP contribution in [0.2, 0.25) is 0 Å². The Balaban J connectivity index is 1.55. The Bertz CT molecular complexity index is 1520. The Morgan fingerprint density at radius 3 is 2.27 bits per heavy atom. The van der Waals surface area contributed by atoms with Crippen LogP contribution >= 0.6 is 0 Å². The molecule has 0 aromatic heterocycles. The van der Waals surface area contributed by atoms with Crippen LogP contribution < -0.4 is 16.0 Å². The van der Waals surface area contributed by atoms with E-state index in [4.69, 9.17) is 19.9 Å². The summed E-state index contributed by atoms with van der Waals surface area (Å²) in [7, 11) is 0. The van der Waals surface area contributed by atoms with E-state index in [-0.39, 0.29) is 18.8 Å². The van der Waals surface area contributed by atoms with Crippen LogP contribution in [0.3, 0.4) is 0 Å². The highest BCUT2D eigenvalue weighted by Crippen LogP contribution is 2.38. The number of carbonyl (C=O) groups is 4. The van der Waals surface area contributed by atoms with Crippen LogP contribution in [0.4, 0.5) is 25.4 Å². The first kappa shape index (κ1) is 33.7. The van der Waals surface area contributed by atoms with Crippen molar-refractivity contribution in [3.05, 3.63) is 65.1 Å². The molecule has 2 aromatic carbocycles. The number of quaternary nitrogens is 1. The zero-order valence-corrected chi connectivity index (χ0v) is 26.4. The summed E-state index contributed by atoms with van der Waals surface area (Å²) < 4.78 is 29.1. The molecule has 4 N–H and O–H groups in total. The van der Waals surface area contributed by atoms with Gasteiger partial charge in [0.1, 0.15) is 23.2 Å². The molecule has 2 aliphatic heterocycles. The molecular weight excluding hydrogens is 587 g/mol. The lowest BCUT2D eigenvalue weighted by Crippen LogP contribution is -2.61. The summed E-state index contributed by atoms with van der Waals surface area (Å²) in [4.78, 5) is 54.6. The monoisotopic (exact) mass is 627 g/mol. The number of fused-ring (bicyclic) bond motifs is 1. The van der Waals surface area contributed by atoms with Gasteiger partial charge in [0.05, 0.1) is 6.61 Å². The minimum absolute atomic E-state index is 0.0500. The third-order valence-corrected chi connectivity index (χ3v) is 7.12. The number of anilines is 2. The Morgan fingerprint density at radius 2 is 1.69 bits per heavy atom. The highest BCUT2D eigenvalue weighted by Gasteiger charge is 2.57. The fourth-order valence-electron chi connectivity index (χ4n) is 5.02. The van der Waals surface area contributed by atoms with Gasteiger partial charge in [-0.3, -0.25) is 15.3 Å². The fourth-order valence-corrected chi connectivity index (χ4v) is 5.02. The number of nitrogens with one attached hydrogen (secondary N) is 1. The van der Waals surface area contributed by atoms with E-state index in [0.29, 0.717) is 22.4 Å². The minimum Gasteiger partial charge on any atom is -0.414 e. The Hall–Kier alpha value is -4.17. The molecule has 0 bridgehead atoms. The lowest BCUT2D eigenvalue weighted by Gasteiger charge is -2.38. The normalized spacial score (nSPS) is 20.2. The van der Waals surface area contributed by atoms with Crippen LogP contribution in [0, 0.1) is 12.7 Å². The van der Waals surface area contributed by atoms with Crippen molar-refractivity contribution < 1.29 is 47.4 Å². The second-order valence-corrected chi connectivity index (χ2v) is 13.0. The summed E-state index contributed by atoms with van der Waals surface area (Å²) >= 11 is 0. The average molecular weight is 628 g/mol. The van der Waals surface area contributed by atoms with Gasteiger partial charge in [-0.25, -0.2) is 4.39 Å². The van der Waals surface area contributed by atoms with Gasteiger partial charge in [0.2, 0.25) is 0 Å². The maximum Gasteiger partial charge on any atom is 0.533 e. The fraction of sp³-hybridized carbons (Fsp3) is 0.438. The zero-order chi connectivity index (χ0) is 33.5. The summed E-state index contributed by atoms with van der Waals surface area (Å²) in [6, 6.07) is 8.54. The number of hydrogen-bond donors (Lipinski definition) is 3. The minimum atomic E-state index is -1.86. The summed E-state index contributed by atoms with van der Waals surface area (Å²) in [5.41, 5.74) is 6.81. The molecule has 242 valence electrons. The molecule has 2 aromatic rings. The second kappa shape index (κ2) is 12.3. The first-order valence-corrected chi connectivity index (χ1v) is 14.5. The largest absolute Gasteiger partial charge is 0.533 e. The molecular formula is C32H40FN4O8+. The van der Waals surface area contributed by atoms with E-state index in [1.807, 2.05) is 0 Å². The van der Waals surface area contributed by atoms with E-state index >= 15 is 0 Å². The zero-order valence-electron chi connectivity index (χ0n) is 26.4. The van der Waals surface area contributed by atoms with Crippen molar-refractivity contribution in [3.63, 3.8) is 0 Å². The molecule has 0 saturated carbocycles. The number of carbonyl (C=O) groups excluding carboxylic acids is 4. The molecule has 45 heavy (non-hydrogen) atoms. The van der Waals surface area contributed by atoms with Gasteiger partial charge in [-0.15, -0.1) is 0 Å². The number of benzene rings is 2. The molecule has 4 rings (SSSR count). The highest BCUT2D eigenvalue weighted by molar-refractivity contribution is 6.04. The number of aryl methyl sites for hydroxylation is 1. The predicted octanol–water partition coefficient (Wildman–Crippen LogP) is 4.49. The van der Waals surface area contributed by atoms with Crippen LogP contribution in [0.5, 0.6) is 0 Å². The molecule has 13 heteroatoms. The van der Waals surface area contributed by atoms with Gasteiger partial charge in [-0.2, -0.15) is 9.59 Å². The number of imide groups is 1. The SMILES string of the molecule is Cc1cc(F)ccc1N1CCO[C@H]([C@@H](O)C(=O)Nc2ccc3c(c2)C=C[N+](C(=O)OC(C)(C)C)(C(=O)OC(C)(C)C)C3N)C1=O. The number of hydrogen-bond acceptors (Lipinski definition) is 9. The van der Waals surface area contributed by atoms with Crippen LogP contribution in [0.15, 0.2) is 42.6 Å². The Morgan fingerprint density at radius 1 is 1.07 bits per heavy atom. The number of aliphatic hydroxyl groups excluding tert-OH is 1. The number of nitrogens with two attached hydrogens (primary N) is 1. The number of aliphatic hydroxyl groups is 1. The van der Waals surface area contributed by atoms with Crippen molar-refractivity contribution in [2.75, 3.05) is 23.4 Å². The van der Waals surface area contributed by atoms with Crippen LogP contribution in [0.25, 0.3) is 6.08 Å². The maximum absolute atomic E-state index is 13.6. The van der Waals surface area contributed by atoms with Gasteiger partial charge in [0, 0.05) is 29.6 Å². The third-order valence-electron chi connectivity index (χ3n) is 7.12. The molecule has 3 atom stereocenters. The lowest BCUT2D eigenvalue weighted by atomic mass is 9.98. The number of nitrogens with zero attached hydrogens (tertiary/aromatic N) is 2. The number of halogens is 1. The highest BCUT2D eigenvalue weighted by atomic mass is 19.1. The maximum atomic E-state index is 13.6. The number of rotatable bonds is 4. The second-order valence-electron chi connectivity index (χ2n) is 13.0. The quantitative estimate of drug-likeness (QED) is 0.416. The Labute approximate surface area is 261 Å². The molecule has 1 unspecified atom stereocenters. The van der Waals surface area contributed by atoms with E-state index in [1.54, 1.807) is 54.5 Å². The number of ether oxygens (including phenoxy) is 3. The molecule has 0 aliphatic carbocycles. The van der Waals surface area contributed by atoms with Gasteiger partial charge < -0.3 is 29.5 Å². The topological polar surface area (TPSA) is 157 Å². The summed E-state index contributed by atoms with van der Waals surface area (Å²) in [6.45, 7) is 11.9. The predicted molar refractivity (Wildman–Crippen MR) is 163 cm³/mol. The van der Waals surface area contributed by atoms with Gasteiger partial charge in [-0.05, 0) is 96.0 Å². The summed E-state index contributed by atoms with van der Waals surface area (Å²) in [5.74, 6) is -1.99. The van der Waals surface area contributed by atoms with Crippen molar-refractivity contribution in [2.24, 2.45) is 5.73 Å². The van der Waals surface area contributed by atoms with Gasteiger partial charge >= 0.3 is 12.2 Å². The van der Waals surface area contributed by atoms with Crippen LogP contribution in [-0.2, 0) is 23.8 Å². The van der Waals surface area contributed by atoms with Crippen molar-refractivity contribution in [2.45, 2.75) is 78.0 Å². The number of amides is 4. The van der Waals surface area contributed by atoms with E-state index < -0.39 is 63.9 Å². The molecule has 1 saturated heterocycles. The van der Waals surface area contributed by atoms with Crippen LogP contribution in [-0.4, -0.2) is 70.2 Å². The van der Waals surface area contributed by atoms with Crippen molar-refractivity contribution in [1.82, 2.24) is 0 Å². The Kier molecular flexibility index (Phi) is 9.23. The third kappa shape index (κ3) is 7.06. The first-order chi connectivity index (χ1) is 20.8. The first-order valence-electron chi connectivity index (χ1n) is 14.5. The molecule has 2 aliphatic rings. The van der Waals surface area contributed by atoms with Gasteiger partial charge in [0.15, 0.2) is 18.4 Å². The molecule has 12 nitrogen and oxygen atoms in total. The van der Waals surface area contributed by atoms with E-state index in [1.165, 1.54) is 47.5 Å². The molecule has 4 amide bonds. The molecule has 2 heterocycles. The van der Waals surface area contributed by atoms with Gasteiger partial charge in [-0.1, -0.05) is 4.48 Å². The van der Waals surface area contributed by atoms with Crippen molar-refractivity contribution >= 4 is 41.5 Å². The smallest absolute Gasteiger partial charge is 0.414 e. The van der Waals surface area contributed by atoms with E-state index in [9.17, 15) is 28.7 Å². The van der Waals surface area contributed by atoms with Gasteiger partial charge in [0.25, 0.3) is 11.8 Å². The standard InChI is InChI=1S/C32H39FN4O8/c1-18-16-20(33)8-11-23(18)36-13-15-43-25(28(36)40)24(38)27(39)35-21-9-10-22-19(17-21)12-14-37(26(22)34,29(41)44-31(2,3)4)30(42)45-32(5,6)7/h8-12,14,16-17,24-26,38H,13,15,34H2,1-7H3/p+1/t24-,25-,26?/m1/s1.